The Bertz CT molecular complexity index is 1120. The van der Waals surface area contributed by atoms with Crippen LogP contribution in [0, 0.1) is 0 Å². The summed E-state index contributed by atoms with van der Waals surface area (Å²) >= 11 is 12.4. The number of Topliss-reactive ketones (excluding diaryl/α,β-unsaturated/α-hetero) is 1. The smallest absolute Gasteiger partial charge is 0.231 e. The topological polar surface area (TPSA) is 44.8 Å². The third kappa shape index (κ3) is 4.16. The molecule has 0 amide bonds. The molecule has 3 aromatic rings. The van der Waals surface area contributed by atoms with E-state index in [1.165, 1.54) is 0 Å². The Kier molecular flexibility index (Phi) is 5.98. The molecule has 1 aliphatic heterocycles. The minimum absolute atomic E-state index is 0.183. The van der Waals surface area contributed by atoms with Gasteiger partial charge >= 0.3 is 0 Å². The van der Waals surface area contributed by atoms with Crippen LogP contribution in [-0.4, -0.2) is 12.4 Å². The fourth-order valence-electron chi connectivity index (χ4n) is 3.11. The summed E-state index contributed by atoms with van der Waals surface area (Å²) in [4.78, 5) is 12.7. The van der Waals surface area contributed by atoms with Gasteiger partial charge in [0.15, 0.2) is 5.76 Å². The van der Waals surface area contributed by atoms with Gasteiger partial charge in [0.2, 0.25) is 5.78 Å². The lowest BCUT2D eigenvalue weighted by Gasteiger charge is -2.10. The minimum Gasteiger partial charge on any atom is -0.493 e. The third-order valence-corrected chi connectivity index (χ3v) is 5.30. The van der Waals surface area contributed by atoms with Gasteiger partial charge in [0.05, 0.1) is 12.2 Å². The summed E-state index contributed by atoms with van der Waals surface area (Å²) in [6, 6.07) is 17.9. The first kappa shape index (κ1) is 20.3. The number of carbonyl (C=O) groups is 1. The van der Waals surface area contributed by atoms with E-state index in [1.54, 1.807) is 42.5 Å². The van der Waals surface area contributed by atoms with Gasteiger partial charge in [-0.05, 0) is 43.3 Å². The van der Waals surface area contributed by atoms with Gasteiger partial charge in [0.1, 0.15) is 23.9 Å². The summed E-state index contributed by atoms with van der Waals surface area (Å²) in [5, 5.41) is 1.07. The summed E-state index contributed by atoms with van der Waals surface area (Å²) in [7, 11) is 0. The first-order valence-corrected chi connectivity index (χ1v) is 10.2. The Balaban J connectivity index is 1.54. The summed E-state index contributed by atoms with van der Waals surface area (Å²) in [6.07, 6.45) is 1.69. The van der Waals surface area contributed by atoms with Crippen molar-refractivity contribution in [3.8, 4) is 17.2 Å². The van der Waals surface area contributed by atoms with Crippen molar-refractivity contribution in [3.05, 3.63) is 93.2 Å². The van der Waals surface area contributed by atoms with Crippen LogP contribution in [0.25, 0.3) is 6.08 Å². The maximum absolute atomic E-state index is 12.7. The van der Waals surface area contributed by atoms with Gasteiger partial charge in [-0.1, -0.05) is 47.5 Å². The fourth-order valence-corrected chi connectivity index (χ4v) is 3.62. The molecule has 0 aliphatic carbocycles. The number of carbonyl (C=O) groups excluding carboxylic acids is 1. The molecule has 6 heteroatoms. The Hall–Kier alpha value is -2.95. The van der Waals surface area contributed by atoms with Gasteiger partial charge in [-0.3, -0.25) is 4.79 Å². The number of rotatable bonds is 6. The predicted octanol–water partition coefficient (Wildman–Crippen LogP) is 6.59. The Labute approximate surface area is 184 Å². The molecular weight excluding hydrogens is 423 g/mol. The average molecular weight is 441 g/mol. The maximum Gasteiger partial charge on any atom is 0.231 e. The maximum atomic E-state index is 12.7. The molecule has 0 saturated heterocycles. The number of ketones is 1. The van der Waals surface area contributed by atoms with Crippen LogP contribution in [0.2, 0.25) is 10.0 Å². The van der Waals surface area contributed by atoms with E-state index in [1.807, 2.05) is 31.2 Å². The van der Waals surface area contributed by atoms with Crippen LogP contribution < -0.4 is 14.2 Å². The van der Waals surface area contributed by atoms with E-state index in [9.17, 15) is 4.79 Å². The molecule has 1 heterocycles. The standard InChI is InChI=1S/C24H18Cl2O4/c1-2-28-21-9-4-3-6-15(21)12-23-24(27)17-11-10-16(13-22(17)30-23)29-14-18-19(25)7-5-8-20(18)26/h3-13H,2,14H2,1H3/b23-12-. The number of allylic oxidation sites excluding steroid dienone is 1. The van der Waals surface area contributed by atoms with Crippen LogP contribution in [0.3, 0.4) is 0 Å². The first-order chi connectivity index (χ1) is 14.6. The quantitative estimate of drug-likeness (QED) is 0.405. The highest BCUT2D eigenvalue weighted by molar-refractivity contribution is 6.35. The number of fused-ring (bicyclic) bond motifs is 1. The first-order valence-electron chi connectivity index (χ1n) is 9.42. The zero-order valence-electron chi connectivity index (χ0n) is 16.2. The molecule has 0 bridgehead atoms. The van der Waals surface area contributed by atoms with E-state index >= 15 is 0 Å². The van der Waals surface area contributed by atoms with Crippen molar-refractivity contribution in [2.24, 2.45) is 0 Å². The zero-order valence-corrected chi connectivity index (χ0v) is 17.7. The molecule has 1 aliphatic rings. The summed E-state index contributed by atoms with van der Waals surface area (Å²) in [5.74, 6) is 1.75. The Morgan fingerprint density at radius 1 is 0.967 bits per heavy atom. The lowest BCUT2D eigenvalue weighted by atomic mass is 10.1. The van der Waals surface area contributed by atoms with Crippen molar-refractivity contribution in [2.45, 2.75) is 13.5 Å². The van der Waals surface area contributed by atoms with E-state index < -0.39 is 0 Å². The third-order valence-electron chi connectivity index (χ3n) is 4.59. The van der Waals surface area contributed by atoms with E-state index in [2.05, 4.69) is 0 Å². The molecule has 0 spiro atoms. The minimum atomic E-state index is -0.183. The second-order valence-corrected chi connectivity index (χ2v) is 7.37. The molecule has 0 fully saturated rings. The predicted molar refractivity (Wildman–Crippen MR) is 118 cm³/mol. The number of hydrogen-bond donors (Lipinski definition) is 0. The SMILES string of the molecule is CCOc1ccccc1/C=C1\Oc2cc(OCc3c(Cl)cccc3Cl)ccc2C1=O. The van der Waals surface area contributed by atoms with Crippen LogP contribution in [-0.2, 0) is 6.61 Å². The molecular formula is C24H18Cl2O4. The van der Waals surface area contributed by atoms with Gasteiger partial charge < -0.3 is 14.2 Å². The highest BCUT2D eigenvalue weighted by atomic mass is 35.5. The van der Waals surface area contributed by atoms with Gasteiger partial charge in [0.25, 0.3) is 0 Å². The van der Waals surface area contributed by atoms with Crippen LogP contribution in [0.4, 0.5) is 0 Å². The molecule has 30 heavy (non-hydrogen) atoms. The molecule has 0 aromatic heterocycles. The summed E-state index contributed by atoms with van der Waals surface area (Å²) in [5.41, 5.74) is 1.96. The van der Waals surface area contributed by atoms with E-state index in [0.29, 0.717) is 45.0 Å². The summed E-state index contributed by atoms with van der Waals surface area (Å²) < 4.78 is 17.3. The van der Waals surface area contributed by atoms with Crippen molar-refractivity contribution in [1.29, 1.82) is 0 Å². The molecule has 0 unspecified atom stereocenters. The van der Waals surface area contributed by atoms with Gasteiger partial charge in [-0.25, -0.2) is 0 Å². The summed E-state index contributed by atoms with van der Waals surface area (Å²) in [6.45, 7) is 2.65. The van der Waals surface area contributed by atoms with E-state index in [-0.39, 0.29) is 18.1 Å². The van der Waals surface area contributed by atoms with Crippen LogP contribution in [0.1, 0.15) is 28.4 Å². The molecule has 3 aromatic carbocycles. The molecule has 0 atom stereocenters. The van der Waals surface area contributed by atoms with Gasteiger partial charge in [0, 0.05) is 27.2 Å². The van der Waals surface area contributed by atoms with Crippen LogP contribution in [0.5, 0.6) is 17.2 Å². The van der Waals surface area contributed by atoms with E-state index in [4.69, 9.17) is 37.4 Å². The van der Waals surface area contributed by atoms with Crippen molar-refractivity contribution in [3.63, 3.8) is 0 Å². The molecule has 0 radical (unpaired) electrons. The highest BCUT2D eigenvalue weighted by Crippen LogP contribution is 2.36. The number of para-hydroxylation sites is 1. The largest absolute Gasteiger partial charge is 0.493 e. The number of ether oxygens (including phenoxy) is 3. The Morgan fingerprint density at radius 3 is 2.50 bits per heavy atom. The lowest BCUT2D eigenvalue weighted by molar-refractivity contribution is 0.101. The molecule has 4 nitrogen and oxygen atoms in total. The monoisotopic (exact) mass is 440 g/mol. The normalized spacial score (nSPS) is 13.8. The van der Waals surface area contributed by atoms with Crippen LogP contribution in [0.15, 0.2) is 66.4 Å². The van der Waals surface area contributed by atoms with Crippen molar-refractivity contribution in [1.82, 2.24) is 0 Å². The zero-order chi connectivity index (χ0) is 21.1. The van der Waals surface area contributed by atoms with Crippen LogP contribution >= 0.6 is 23.2 Å². The molecule has 0 N–H and O–H groups in total. The van der Waals surface area contributed by atoms with Crippen molar-refractivity contribution >= 4 is 35.1 Å². The molecule has 0 saturated carbocycles. The van der Waals surface area contributed by atoms with Crippen molar-refractivity contribution in [2.75, 3.05) is 6.61 Å². The average Bonchev–Trinajstić information content (AvgIpc) is 3.04. The van der Waals surface area contributed by atoms with Gasteiger partial charge in [-0.2, -0.15) is 0 Å². The number of halogens is 2. The Morgan fingerprint density at radius 2 is 1.73 bits per heavy atom. The fraction of sp³-hybridized carbons (Fsp3) is 0.125. The number of benzene rings is 3. The highest BCUT2D eigenvalue weighted by Gasteiger charge is 2.28. The lowest BCUT2D eigenvalue weighted by Crippen LogP contribution is -1.99. The van der Waals surface area contributed by atoms with Crippen molar-refractivity contribution < 1.29 is 19.0 Å². The molecule has 4 rings (SSSR count). The number of hydrogen-bond acceptors (Lipinski definition) is 4. The molecule has 152 valence electrons. The van der Waals surface area contributed by atoms with Gasteiger partial charge in [-0.15, -0.1) is 0 Å². The van der Waals surface area contributed by atoms with E-state index in [0.717, 1.165) is 5.56 Å². The second-order valence-electron chi connectivity index (χ2n) is 6.56. The second kappa shape index (κ2) is 8.82.